The summed E-state index contributed by atoms with van der Waals surface area (Å²) in [6, 6.07) is 8.94. The maximum atomic E-state index is 12.7. The zero-order chi connectivity index (χ0) is 14.5. The van der Waals surface area contributed by atoms with E-state index in [2.05, 4.69) is 26.2 Å². The third kappa shape index (κ3) is 4.03. The molecule has 0 saturated heterocycles. The number of amides is 1. The molecule has 0 saturated carbocycles. The second kappa shape index (κ2) is 6.47. The van der Waals surface area contributed by atoms with Crippen molar-refractivity contribution in [2.45, 2.75) is 11.8 Å². The maximum Gasteiger partial charge on any atom is 0.237 e. The van der Waals surface area contributed by atoms with Gasteiger partial charge in [-0.3, -0.25) is 4.79 Å². The molecular formula is C14H12BrFN2O2. The molecule has 2 aromatic rings. The Labute approximate surface area is 124 Å². The lowest BCUT2D eigenvalue weighted by Crippen LogP contribution is -2.19. The van der Waals surface area contributed by atoms with Gasteiger partial charge in [-0.05, 0) is 37.3 Å². The van der Waals surface area contributed by atoms with Gasteiger partial charge in [0.25, 0.3) is 0 Å². The number of nitrogens with one attached hydrogen (secondary N) is 1. The number of rotatable bonds is 4. The molecule has 0 radical (unpaired) electrons. The number of carbonyl (C=O) groups is 1. The van der Waals surface area contributed by atoms with Gasteiger partial charge in [0.2, 0.25) is 11.8 Å². The van der Waals surface area contributed by atoms with Gasteiger partial charge in [-0.2, -0.15) is 0 Å². The summed E-state index contributed by atoms with van der Waals surface area (Å²) in [4.78, 5) is 15.3. The minimum Gasteiger partial charge on any atom is -0.439 e. The summed E-state index contributed by atoms with van der Waals surface area (Å²) in [7, 11) is 0. The van der Waals surface area contributed by atoms with Gasteiger partial charge in [-0.15, -0.1) is 0 Å². The lowest BCUT2D eigenvalue weighted by molar-refractivity contribution is -0.115. The first-order valence-electron chi connectivity index (χ1n) is 5.89. The smallest absolute Gasteiger partial charge is 0.237 e. The van der Waals surface area contributed by atoms with Gasteiger partial charge in [0.1, 0.15) is 11.6 Å². The standard InChI is InChI=1S/C14H12BrFN2O2/c1-9(15)14(19)18-11-4-7-13(17-8-11)20-12-5-2-10(16)3-6-12/h2-9H,1H3,(H,18,19)/t9-/m1/s1. The van der Waals surface area contributed by atoms with Gasteiger partial charge in [-0.25, -0.2) is 9.37 Å². The Morgan fingerprint density at radius 3 is 2.55 bits per heavy atom. The van der Waals surface area contributed by atoms with Crippen molar-refractivity contribution in [2.24, 2.45) is 0 Å². The number of halogens is 2. The molecule has 0 fully saturated rings. The third-order valence-electron chi connectivity index (χ3n) is 2.40. The molecule has 0 unspecified atom stereocenters. The van der Waals surface area contributed by atoms with E-state index in [-0.39, 0.29) is 16.6 Å². The number of pyridine rings is 1. The maximum absolute atomic E-state index is 12.7. The first-order valence-corrected chi connectivity index (χ1v) is 6.80. The van der Waals surface area contributed by atoms with Crippen molar-refractivity contribution in [1.82, 2.24) is 4.98 Å². The molecule has 0 aliphatic rings. The zero-order valence-electron chi connectivity index (χ0n) is 10.6. The topological polar surface area (TPSA) is 51.2 Å². The van der Waals surface area contributed by atoms with Crippen LogP contribution in [0.3, 0.4) is 0 Å². The fraction of sp³-hybridized carbons (Fsp3) is 0.143. The van der Waals surface area contributed by atoms with Crippen LogP contribution in [0.4, 0.5) is 10.1 Å². The van der Waals surface area contributed by atoms with Gasteiger partial charge >= 0.3 is 0 Å². The van der Waals surface area contributed by atoms with Crippen molar-refractivity contribution in [2.75, 3.05) is 5.32 Å². The summed E-state index contributed by atoms with van der Waals surface area (Å²) >= 11 is 3.17. The van der Waals surface area contributed by atoms with Gasteiger partial charge in [0, 0.05) is 6.07 Å². The number of aromatic nitrogens is 1. The lowest BCUT2D eigenvalue weighted by Gasteiger charge is -2.08. The molecule has 1 heterocycles. The van der Waals surface area contributed by atoms with E-state index in [0.29, 0.717) is 17.3 Å². The van der Waals surface area contributed by atoms with E-state index in [4.69, 9.17) is 4.74 Å². The number of hydrogen-bond donors (Lipinski definition) is 1. The summed E-state index contributed by atoms with van der Waals surface area (Å²) in [5.74, 6) is 0.373. The van der Waals surface area contributed by atoms with Crippen molar-refractivity contribution in [3.63, 3.8) is 0 Å². The van der Waals surface area contributed by atoms with Crippen molar-refractivity contribution in [1.29, 1.82) is 0 Å². The van der Waals surface area contributed by atoms with Gasteiger partial charge in [-0.1, -0.05) is 15.9 Å². The molecule has 4 nitrogen and oxygen atoms in total. The fourth-order valence-electron chi connectivity index (χ4n) is 1.38. The average molecular weight is 339 g/mol. The molecule has 2 rings (SSSR count). The van der Waals surface area contributed by atoms with Crippen LogP contribution in [0.25, 0.3) is 0 Å². The Morgan fingerprint density at radius 2 is 2.00 bits per heavy atom. The van der Waals surface area contributed by atoms with Crippen LogP contribution in [-0.4, -0.2) is 15.7 Å². The number of benzene rings is 1. The van der Waals surface area contributed by atoms with Crippen molar-refractivity contribution in [3.05, 3.63) is 48.4 Å². The number of hydrogen-bond acceptors (Lipinski definition) is 3. The van der Waals surface area contributed by atoms with E-state index < -0.39 is 0 Å². The fourth-order valence-corrected chi connectivity index (χ4v) is 1.49. The number of nitrogens with zero attached hydrogens (tertiary/aromatic N) is 1. The highest BCUT2D eigenvalue weighted by Gasteiger charge is 2.09. The third-order valence-corrected chi connectivity index (χ3v) is 2.82. The summed E-state index contributed by atoms with van der Waals surface area (Å²) < 4.78 is 18.2. The van der Waals surface area contributed by atoms with Crippen molar-refractivity contribution in [3.8, 4) is 11.6 Å². The molecule has 1 amide bonds. The Balaban J connectivity index is 2.01. The van der Waals surface area contributed by atoms with E-state index in [1.54, 1.807) is 19.1 Å². The lowest BCUT2D eigenvalue weighted by atomic mass is 10.3. The second-order valence-electron chi connectivity index (χ2n) is 4.05. The SMILES string of the molecule is C[C@@H](Br)C(=O)Nc1ccc(Oc2ccc(F)cc2)nc1. The summed E-state index contributed by atoms with van der Waals surface area (Å²) in [6.45, 7) is 1.73. The molecule has 0 bridgehead atoms. The average Bonchev–Trinajstić information content (AvgIpc) is 2.43. The molecule has 1 N–H and O–H groups in total. The predicted octanol–water partition coefficient (Wildman–Crippen LogP) is 3.73. The van der Waals surface area contributed by atoms with Gasteiger partial charge < -0.3 is 10.1 Å². The number of alkyl halides is 1. The van der Waals surface area contributed by atoms with E-state index in [1.165, 1.54) is 30.5 Å². The van der Waals surface area contributed by atoms with Crippen LogP contribution in [0.2, 0.25) is 0 Å². The minimum atomic E-state index is -0.327. The Morgan fingerprint density at radius 1 is 1.30 bits per heavy atom. The number of carbonyl (C=O) groups excluding carboxylic acids is 1. The molecule has 0 spiro atoms. The van der Waals surface area contributed by atoms with Gasteiger partial charge in [0.15, 0.2) is 0 Å². The highest BCUT2D eigenvalue weighted by molar-refractivity contribution is 9.10. The van der Waals surface area contributed by atoms with Crippen LogP contribution in [-0.2, 0) is 4.79 Å². The quantitative estimate of drug-likeness (QED) is 0.864. The summed E-state index contributed by atoms with van der Waals surface area (Å²) in [5, 5.41) is 2.69. The van der Waals surface area contributed by atoms with Crippen molar-refractivity contribution < 1.29 is 13.9 Å². The van der Waals surface area contributed by atoms with Crippen LogP contribution in [0.1, 0.15) is 6.92 Å². The molecule has 1 aromatic carbocycles. The zero-order valence-corrected chi connectivity index (χ0v) is 12.2. The molecular weight excluding hydrogens is 327 g/mol. The monoisotopic (exact) mass is 338 g/mol. The first kappa shape index (κ1) is 14.5. The molecule has 0 aliphatic carbocycles. The molecule has 1 aromatic heterocycles. The van der Waals surface area contributed by atoms with E-state index >= 15 is 0 Å². The van der Waals surface area contributed by atoms with E-state index in [1.807, 2.05) is 0 Å². The Kier molecular flexibility index (Phi) is 4.68. The first-order chi connectivity index (χ1) is 9.54. The summed E-state index contributed by atoms with van der Waals surface area (Å²) in [5.41, 5.74) is 0.577. The highest BCUT2D eigenvalue weighted by atomic mass is 79.9. The van der Waals surface area contributed by atoms with Crippen molar-refractivity contribution >= 4 is 27.5 Å². The number of ether oxygens (including phenoxy) is 1. The molecule has 1 atom stereocenters. The summed E-state index contributed by atoms with van der Waals surface area (Å²) in [6.07, 6.45) is 1.49. The van der Waals surface area contributed by atoms with E-state index in [0.717, 1.165) is 0 Å². The molecule has 20 heavy (non-hydrogen) atoms. The molecule has 104 valence electrons. The predicted molar refractivity (Wildman–Crippen MR) is 77.7 cm³/mol. The van der Waals surface area contributed by atoms with Gasteiger partial charge in [0.05, 0.1) is 16.7 Å². The number of anilines is 1. The largest absolute Gasteiger partial charge is 0.439 e. The van der Waals surface area contributed by atoms with Crippen LogP contribution >= 0.6 is 15.9 Å². The second-order valence-corrected chi connectivity index (χ2v) is 5.42. The normalized spacial score (nSPS) is 11.8. The van der Waals surface area contributed by atoms with E-state index in [9.17, 15) is 9.18 Å². The molecule has 6 heteroatoms. The van der Waals surface area contributed by atoms with Crippen LogP contribution in [0.15, 0.2) is 42.6 Å². The van der Waals surface area contributed by atoms with Crippen LogP contribution < -0.4 is 10.1 Å². The Bertz CT molecular complexity index is 585. The molecule has 0 aliphatic heterocycles. The van der Waals surface area contributed by atoms with Crippen LogP contribution in [0, 0.1) is 5.82 Å². The highest BCUT2D eigenvalue weighted by Crippen LogP contribution is 2.20. The Hall–Kier alpha value is -1.95. The minimum absolute atomic E-state index is 0.154. The van der Waals surface area contributed by atoms with Crippen LogP contribution in [0.5, 0.6) is 11.6 Å².